The molecule has 0 aliphatic carbocycles. The van der Waals surface area contributed by atoms with E-state index in [0.29, 0.717) is 12.0 Å². The second-order valence-corrected chi connectivity index (χ2v) is 6.76. The number of nitrogens with two attached hydrogens (primary N) is 1. The lowest BCUT2D eigenvalue weighted by molar-refractivity contribution is -0.139. The van der Waals surface area contributed by atoms with Crippen molar-refractivity contribution in [3.63, 3.8) is 0 Å². The van der Waals surface area contributed by atoms with Crippen molar-refractivity contribution in [3.05, 3.63) is 57.5 Å². The molecule has 2 amide bonds. The zero-order valence-corrected chi connectivity index (χ0v) is 16.6. The minimum atomic E-state index is -1.26. The molecular weight excluding hydrogens is 416 g/mol. The minimum Gasteiger partial charge on any atom is -0.481 e. The average Bonchev–Trinajstić information content (AvgIpc) is 2.70. The average molecular weight is 435 g/mol. The van der Waals surface area contributed by atoms with Gasteiger partial charge in [0.15, 0.2) is 0 Å². The number of nitrogens with one attached hydrogen (secondary N) is 2. The maximum absolute atomic E-state index is 12.7. The number of halogens is 1. The van der Waals surface area contributed by atoms with E-state index in [4.69, 9.17) is 22.4 Å². The Kier molecular flexibility index (Phi) is 7.32. The fraction of sp³-hybridized carbons (Fsp3) is 0.211. The summed E-state index contributed by atoms with van der Waals surface area (Å²) >= 11 is 5.90. The molecular formula is C19H19ClN4O6. The third kappa shape index (κ3) is 5.45. The number of anilines is 2. The fourth-order valence-electron chi connectivity index (χ4n) is 2.52. The lowest BCUT2D eigenvalue weighted by atomic mass is 10.2. The van der Waals surface area contributed by atoms with E-state index in [-0.39, 0.29) is 16.3 Å². The van der Waals surface area contributed by atoms with Gasteiger partial charge in [-0.15, -0.1) is 0 Å². The number of carboxylic acid groups (broad SMARTS) is 1. The number of rotatable bonds is 8. The standard InChI is InChI=1S/C19H19ClN4O6/c1-10(17(28)22-12(9-25)8-16(26)27)24-6-2-3-15(19(24)30)23-18(29)11-4-5-14(21)13(20)7-11/h2-7,9-10,12H,8,21H2,1H3,(H,22,28)(H,23,29)(H,26,27). The predicted molar refractivity (Wildman–Crippen MR) is 109 cm³/mol. The van der Waals surface area contributed by atoms with Crippen LogP contribution in [0.25, 0.3) is 0 Å². The monoisotopic (exact) mass is 434 g/mol. The number of nitrogen functional groups attached to an aromatic ring is 1. The van der Waals surface area contributed by atoms with Crippen LogP contribution in [0.3, 0.4) is 0 Å². The first-order chi connectivity index (χ1) is 14.1. The molecule has 5 N–H and O–H groups in total. The molecule has 0 saturated carbocycles. The second-order valence-electron chi connectivity index (χ2n) is 6.35. The molecule has 11 heteroatoms. The molecule has 10 nitrogen and oxygen atoms in total. The van der Waals surface area contributed by atoms with E-state index in [1.807, 2.05) is 0 Å². The van der Waals surface area contributed by atoms with Gasteiger partial charge in [0.2, 0.25) is 5.91 Å². The number of hydrogen-bond donors (Lipinski definition) is 4. The molecule has 1 heterocycles. The van der Waals surface area contributed by atoms with Crippen molar-refractivity contribution in [1.82, 2.24) is 9.88 Å². The van der Waals surface area contributed by atoms with Crippen LogP contribution in [-0.2, 0) is 14.4 Å². The van der Waals surface area contributed by atoms with Crippen LogP contribution in [0.15, 0.2) is 41.3 Å². The number of carbonyl (C=O) groups is 4. The lowest BCUT2D eigenvalue weighted by Gasteiger charge is -2.18. The first-order valence-electron chi connectivity index (χ1n) is 8.69. The van der Waals surface area contributed by atoms with Gasteiger partial charge >= 0.3 is 5.97 Å². The number of aliphatic carboxylic acids is 1. The number of pyridine rings is 1. The van der Waals surface area contributed by atoms with E-state index < -0.39 is 41.8 Å². The number of carboxylic acids is 1. The molecule has 1 aromatic carbocycles. The zero-order chi connectivity index (χ0) is 22.4. The molecule has 0 fully saturated rings. The predicted octanol–water partition coefficient (Wildman–Crippen LogP) is 1.06. The molecule has 2 rings (SSSR count). The third-order valence-corrected chi connectivity index (χ3v) is 4.50. The molecule has 158 valence electrons. The molecule has 0 aliphatic heterocycles. The Morgan fingerprint density at radius 3 is 2.60 bits per heavy atom. The Balaban J connectivity index is 2.20. The van der Waals surface area contributed by atoms with Gasteiger partial charge in [-0.2, -0.15) is 0 Å². The summed E-state index contributed by atoms with van der Waals surface area (Å²) in [6, 6.07) is 4.75. The van der Waals surface area contributed by atoms with Crippen LogP contribution in [0.4, 0.5) is 11.4 Å². The normalized spacial score (nSPS) is 12.5. The Bertz CT molecular complexity index is 1050. The Labute approximate surface area is 175 Å². The lowest BCUT2D eigenvalue weighted by Crippen LogP contribution is -2.43. The number of aromatic nitrogens is 1. The Morgan fingerprint density at radius 2 is 2.00 bits per heavy atom. The molecule has 30 heavy (non-hydrogen) atoms. The molecule has 2 atom stereocenters. The van der Waals surface area contributed by atoms with Crippen molar-refractivity contribution in [2.75, 3.05) is 11.1 Å². The van der Waals surface area contributed by atoms with Crippen LogP contribution in [0, 0.1) is 0 Å². The zero-order valence-electron chi connectivity index (χ0n) is 15.8. The molecule has 0 spiro atoms. The summed E-state index contributed by atoms with van der Waals surface area (Å²) in [6.07, 6.45) is 1.04. The smallest absolute Gasteiger partial charge is 0.305 e. The summed E-state index contributed by atoms with van der Waals surface area (Å²) in [7, 11) is 0. The largest absolute Gasteiger partial charge is 0.481 e. The van der Waals surface area contributed by atoms with Crippen molar-refractivity contribution in [1.29, 1.82) is 0 Å². The van der Waals surface area contributed by atoms with Gasteiger partial charge in [0.25, 0.3) is 11.5 Å². The topological polar surface area (TPSA) is 161 Å². The molecule has 1 aromatic heterocycles. The van der Waals surface area contributed by atoms with Crippen molar-refractivity contribution in [3.8, 4) is 0 Å². The van der Waals surface area contributed by atoms with Gasteiger partial charge in [-0.3, -0.25) is 19.2 Å². The molecule has 0 saturated heterocycles. The summed E-state index contributed by atoms with van der Waals surface area (Å²) in [4.78, 5) is 59.1. The number of aldehydes is 1. The van der Waals surface area contributed by atoms with Gasteiger partial charge in [0.1, 0.15) is 18.0 Å². The fourth-order valence-corrected chi connectivity index (χ4v) is 2.70. The Hall–Kier alpha value is -3.66. The highest BCUT2D eigenvalue weighted by atomic mass is 35.5. The summed E-state index contributed by atoms with van der Waals surface area (Å²) in [6.45, 7) is 1.39. The maximum Gasteiger partial charge on any atom is 0.305 e. The number of hydrogen-bond acceptors (Lipinski definition) is 6. The van der Waals surface area contributed by atoms with Crippen molar-refractivity contribution >= 4 is 47.0 Å². The first-order valence-corrected chi connectivity index (χ1v) is 9.06. The van der Waals surface area contributed by atoms with Crippen molar-refractivity contribution in [2.24, 2.45) is 0 Å². The molecule has 0 aliphatic rings. The molecule has 2 unspecified atom stereocenters. The molecule has 2 aromatic rings. The van der Waals surface area contributed by atoms with Gasteiger partial charge in [-0.05, 0) is 37.3 Å². The summed E-state index contributed by atoms with van der Waals surface area (Å²) < 4.78 is 1.05. The van der Waals surface area contributed by atoms with E-state index in [9.17, 15) is 24.0 Å². The minimum absolute atomic E-state index is 0.0902. The van der Waals surface area contributed by atoms with E-state index >= 15 is 0 Å². The molecule has 0 radical (unpaired) electrons. The quantitative estimate of drug-likeness (QED) is 0.356. The number of benzene rings is 1. The van der Waals surface area contributed by atoms with E-state index in [0.717, 1.165) is 4.57 Å². The van der Waals surface area contributed by atoms with Crippen LogP contribution >= 0.6 is 11.6 Å². The van der Waals surface area contributed by atoms with Gasteiger partial charge < -0.3 is 30.8 Å². The van der Waals surface area contributed by atoms with Gasteiger partial charge in [-0.25, -0.2) is 0 Å². The van der Waals surface area contributed by atoms with Crippen LogP contribution < -0.4 is 21.9 Å². The van der Waals surface area contributed by atoms with Crippen molar-refractivity contribution in [2.45, 2.75) is 25.4 Å². The summed E-state index contributed by atoms with van der Waals surface area (Å²) in [5, 5.41) is 13.6. The summed E-state index contributed by atoms with van der Waals surface area (Å²) in [5.41, 5.74) is 5.32. The van der Waals surface area contributed by atoms with Gasteiger partial charge in [0, 0.05) is 11.8 Å². The number of carbonyl (C=O) groups excluding carboxylic acids is 3. The van der Waals surface area contributed by atoms with Crippen molar-refractivity contribution < 1.29 is 24.3 Å². The van der Waals surface area contributed by atoms with Gasteiger partial charge in [0.05, 0.1) is 23.2 Å². The maximum atomic E-state index is 12.7. The van der Waals surface area contributed by atoms with Gasteiger partial charge in [-0.1, -0.05) is 11.6 Å². The highest BCUT2D eigenvalue weighted by Gasteiger charge is 2.22. The van der Waals surface area contributed by atoms with Crippen LogP contribution in [0.1, 0.15) is 29.7 Å². The summed E-state index contributed by atoms with van der Waals surface area (Å²) in [5.74, 6) is -2.60. The number of amides is 2. The highest BCUT2D eigenvalue weighted by molar-refractivity contribution is 6.33. The second kappa shape index (κ2) is 9.70. The molecule has 0 bridgehead atoms. The first kappa shape index (κ1) is 22.6. The Morgan fingerprint density at radius 1 is 1.30 bits per heavy atom. The SMILES string of the molecule is CC(C(=O)NC(C=O)CC(=O)O)n1cccc(NC(=O)c2ccc(N)c(Cl)c2)c1=O. The third-order valence-electron chi connectivity index (χ3n) is 4.17. The van der Waals surface area contributed by atoms with E-state index in [2.05, 4.69) is 10.6 Å². The van der Waals surface area contributed by atoms with Crippen LogP contribution in [0.2, 0.25) is 5.02 Å². The highest BCUT2D eigenvalue weighted by Crippen LogP contribution is 2.20. The van der Waals surface area contributed by atoms with Crippen LogP contribution in [0.5, 0.6) is 0 Å². The van der Waals surface area contributed by atoms with E-state index in [1.54, 1.807) is 0 Å². The van der Waals surface area contributed by atoms with Crippen LogP contribution in [-0.4, -0.2) is 39.8 Å². The number of nitrogens with zero attached hydrogens (tertiary/aromatic N) is 1. The van der Waals surface area contributed by atoms with E-state index in [1.165, 1.54) is 43.5 Å².